The third kappa shape index (κ3) is 2.98. The van der Waals surface area contributed by atoms with Gasteiger partial charge in [0.25, 0.3) is 0 Å². The van der Waals surface area contributed by atoms with Gasteiger partial charge in [0.15, 0.2) is 0 Å². The van der Waals surface area contributed by atoms with Gasteiger partial charge in [0.2, 0.25) is 5.91 Å². The standard InChI is InChI=1S/C18H26N2O/c1-18(2)10-6-7-13(12-18)19-15-11-17(21)20(3)16-9-5-4-8-14(15)16/h4-5,8-9,13,15,19H,6-7,10-12H2,1-3H3. The van der Waals surface area contributed by atoms with E-state index in [0.717, 1.165) is 5.69 Å². The number of nitrogens with one attached hydrogen (secondary N) is 1. The van der Waals surface area contributed by atoms with Crippen LogP contribution >= 0.6 is 0 Å². The van der Waals surface area contributed by atoms with Crippen LogP contribution in [0.5, 0.6) is 0 Å². The van der Waals surface area contributed by atoms with Crippen LogP contribution in [0.25, 0.3) is 0 Å². The first kappa shape index (κ1) is 14.6. The summed E-state index contributed by atoms with van der Waals surface area (Å²) in [6.07, 6.45) is 5.60. The highest BCUT2D eigenvalue weighted by atomic mass is 16.2. The van der Waals surface area contributed by atoms with Crippen molar-refractivity contribution >= 4 is 11.6 Å². The van der Waals surface area contributed by atoms with E-state index in [2.05, 4.69) is 31.3 Å². The Hall–Kier alpha value is -1.35. The molecule has 3 rings (SSSR count). The number of hydrogen-bond acceptors (Lipinski definition) is 2. The van der Waals surface area contributed by atoms with Crippen molar-refractivity contribution in [3.63, 3.8) is 0 Å². The van der Waals surface area contributed by atoms with Crippen LogP contribution in [0.2, 0.25) is 0 Å². The molecule has 1 aliphatic carbocycles. The SMILES string of the molecule is CN1C(=O)CC(NC2CCCC(C)(C)C2)c2ccccc21. The van der Waals surface area contributed by atoms with Crippen LogP contribution < -0.4 is 10.2 Å². The van der Waals surface area contributed by atoms with Gasteiger partial charge in [-0.25, -0.2) is 0 Å². The number of fused-ring (bicyclic) bond motifs is 1. The van der Waals surface area contributed by atoms with E-state index in [1.54, 1.807) is 4.90 Å². The minimum absolute atomic E-state index is 0.170. The average molecular weight is 286 g/mol. The Bertz CT molecular complexity index is 538. The second-order valence-corrected chi connectivity index (χ2v) is 7.39. The predicted molar refractivity (Wildman–Crippen MR) is 86.4 cm³/mol. The fraction of sp³-hybridized carbons (Fsp3) is 0.611. The number of amides is 1. The predicted octanol–water partition coefficient (Wildman–Crippen LogP) is 3.65. The maximum Gasteiger partial charge on any atom is 0.228 e. The molecule has 114 valence electrons. The number of rotatable bonds is 2. The van der Waals surface area contributed by atoms with Crippen LogP contribution in [-0.4, -0.2) is 19.0 Å². The summed E-state index contributed by atoms with van der Waals surface area (Å²) >= 11 is 0. The van der Waals surface area contributed by atoms with E-state index in [-0.39, 0.29) is 11.9 Å². The fourth-order valence-electron chi connectivity index (χ4n) is 3.92. The van der Waals surface area contributed by atoms with Crippen LogP contribution in [0, 0.1) is 5.41 Å². The van der Waals surface area contributed by atoms with Crippen molar-refractivity contribution in [1.29, 1.82) is 0 Å². The smallest absolute Gasteiger partial charge is 0.228 e. The largest absolute Gasteiger partial charge is 0.315 e. The number of carbonyl (C=O) groups excluding carboxylic acids is 1. The van der Waals surface area contributed by atoms with Crippen molar-refractivity contribution in [2.75, 3.05) is 11.9 Å². The maximum atomic E-state index is 12.2. The summed E-state index contributed by atoms with van der Waals surface area (Å²) in [6, 6.07) is 8.98. The zero-order valence-corrected chi connectivity index (χ0v) is 13.4. The minimum atomic E-state index is 0.170. The van der Waals surface area contributed by atoms with Crippen molar-refractivity contribution in [2.24, 2.45) is 5.41 Å². The van der Waals surface area contributed by atoms with Gasteiger partial charge < -0.3 is 10.2 Å². The highest BCUT2D eigenvalue weighted by Crippen LogP contribution is 2.38. The van der Waals surface area contributed by atoms with E-state index in [1.807, 2.05) is 19.2 Å². The molecular weight excluding hydrogens is 260 g/mol. The lowest BCUT2D eigenvalue weighted by Gasteiger charge is -2.39. The van der Waals surface area contributed by atoms with Gasteiger partial charge >= 0.3 is 0 Å². The van der Waals surface area contributed by atoms with E-state index >= 15 is 0 Å². The monoisotopic (exact) mass is 286 g/mol. The molecule has 1 aromatic rings. The van der Waals surface area contributed by atoms with Gasteiger partial charge in [0.1, 0.15) is 0 Å². The molecule has 1 heterocycles. The van der Waals surface area contributed by atoms with Gasteiger partial charge in [-0.3, -0.25) is 4.79 Å². The molecular formula is C18H26N2O. The molecule has 1 saturated carbocycles. The summed E-state index contributed by atoms with van der Waals surface area (Å²) in [5, 5.41) is 3.77. The Morgan fingerprint density at radius 3 is 2.81 bits per heavy atom. The molecule has 1 aliphatic heterocycles. The van der Waals surface area contributed by atoms with Crippen molar-refractivity contribution < 1.29 is 4.79 Å². The number of nitrogens with zero attached hydrogens (tertiary/aromatic N) is 1. The number of carbonyl (C=O) groups is 1. The fourth-order valence-corrected chi connectivity index (χ4v) is 3.92. The highest BCUT2D eigenvalue weighted by Gasteiger charge is 2.33. The molecule has 21 heavy (non-hydrogen) atoms. The Balaban J connectivity index is 1.80. The zero-order chi connectivity index (χ0) is 15.0. The Kier molecular flexibility index (Phi) is 3.78. The molecule has 1 amide bonds. The lowest BCUT2D eigenvalue weighted by atomic mass is 9.75. The van der Waals surface area contributed by atoms with Crippen LogP contribution in [0.4, 0.5) is 5.69 Å². The number of benzene rings is 1. The third-order valence-electron chi connectivity index (χ3n) is 5.07. The van der Waals surface area contributed by atoms with Gasteiger partial charge in [0.05, 0.1) is 0 Å². The summed E-state index contributed by atoms with van der Waals surface area (Å²) < 4.78 is 0. The maximum absolute atomic E-state index is 12.2. The van der Waals surface area contributed by atoms with E-state index in [1.165, 1.54) is 31.2 Å². The highest BCUT2D eigenvalue weighted by molar-refractivity contribution is 5.96. The van der Waals surface area contributed by atoms with E-state index in [4.69, 9.17) is 0 Å². The van der Waals surface area contributed by atoms with Crippen LogP contribution in [0.1, 0.15) is 57.6 Å². The molecule has 2 aliphatic rings. The Labute approximate surface area is 127 Å². The number of para-hydroxylation sites is 1. The Morgan fingerprint density at radius 1 is 1.29 bits per heavy atom. The van der Waals surface area contributed by atoms with Crippen LogP contribution in [-0.2, 0) is 4.79 Å². The molecule has 3 heteroatoms. The van der Waals surface area contributed by atoms with Crippen molar-refractivity contribution in [2.45, 2.75) is 58.0 Å². The summed E-state index contributed by atoms with van der Waals surface area (Å²) in [4.78, 5) is 14.0. The van der Waals surface area contributed by atoms with E-state index in [0.29, 0.717) is 17.9 Å². The van der Waals surface area contributed by atoms with Crippen molar-refractivity contribution in [3.8, 4) is 0 Å². The van der Waals surface area contributed by atoms with Gasteiger partial charge in [-0.05, 0) is 36.3 Å². The molecule has 1 fully saturated rings. The summed E-state index contributed by atoms with van der Waals surface area (Å²) in [5.74, 6) is 0.210. The molecule has 0 radical (unpaired) electrons. The van der Waals surface area contributed by atoms with Crippen molar-refractivity contribution in [3.05, 3.63) is 29.8 Å². The normalized spacial score (nSPS) is 28.3. The first-order valence-corrected chi connectivity index (χ1v) is 8.08. The van der Waals surface area contributed by atoms with Gasteiger partial charge in [-0.2, -0.15) is 0 Å². The molecule has 1 N–H and O–H groups in total. The molecule has 0 spiro atoms. The number of hydrogen-bond donors (Lipinski definition) is 1. The topological polar surface area (TPSA) is 32.3 Å². The van der Waals surface area contributed by atoms with E-state index in [9.17, 15) is 4.79 Å². The summed E-state index contributed by atoms with van der Waals surface area (Å²) in [5.41, 5.74) is 2.74. The van der Waals surface area contributed by atoms with Gasteiger partial charge in [-0.1, -0.05) is 38.5 Å². The quantitative estimate of drug-likeness (QED) is 0.900. The van der Waals surface area contributed by atoms with Gasteiger partial charge in [0, 0.05) is 31.2 Å². The molecule has 0 bridgehead atoms. The Morgan fingerprint density at radius 2 is 2.05 bits per heavy atom. The van der Waals surface area contributed by atoms with Gasteiger partial charge in [-0.15, -0.1) is 0 Å². The first-order chi connectivity index (χ1) is 9.96. The van der Waals surface area contributed by atoms with E-state index < -0.39 is 0 Å². The first-order valence-electron chi connectivity index (χ1n) is 8.08. The number of anilines is 1. The van der Waals surface area contributed by atoms with Crippen LogP contribution in [0.3, 0.4) is 0 Å². The molecule has 2 atom stereocenters. The molecule has 0 saturated heterocycles. The molecule has 3 nitrogen and oxygen atoms in total. The summed E-state index contributed by atoms with van der Waals surface area (Å²) in [6.45, 7) is 4.71. The average Bonchev–Trinajstić information content (AvgIpc) is 2.43. The zero-order valence-electron chi connectivity index (χ0n) is 13.4. The third-order valence-corrected chi connectivity index (χ3v) is 5.07. The molecule has 1 aromatic carbocycles. The van der Waals surface area contributed by atoms with Crippen molar-refractivity contribution in [1.82, 2.24) is 5.32 Å². The second kappa shape index (κ2) is 5.45. The minimum Gasteiger partial charge on any atom is -0.315 e. The lowest BCUT2D eigenvalue weighted by Crippen LogP contribution is -2.44. The summed E-state index contributed by atoms with van der Waals surface area (Å²) in [7, 11) is 1.88. The second-order valence-electron chi connectivity index (χ2n) is 7.39. The molecule has 0 aromatic heterocycles. The molecule has 2 unspecified atom stereocenters. The van der Waals surface area contributed by atoms with Crippen LogP contribution in [0.15, 0.2) is 24.3 Å². The lowest BCUT2D eigenvalue weighted by molar-refractivity contribution is -0.119.